The molecule has 2 unspecified atom stereocenters. The number of benzene rings is 3. The van der Waals surface area contributed by atoms with E-state index in [1.54, 1.807) is 20.8 Å². The van der Waals surface area contributed by atoms with Gasteiger partial charge in [0.15, 0.2) is 0 Å². The van der Waals surface area contributed by atoms with Gasteiger partial charge in [-0.1, -0.05) is 66.7 Å². The molecule has 0 spiro atoms. The van der Waals surface area contributed by atoms with Crippen LogP contribution in [0.15, 0.2) is 85.1 Å². The van der Waals surface area contributed by atoms with E-state index in [2.05, 4.69) is 16.4 Å². The van der Waals surface area contributed by atoms with Crippen molar-refractivity contribution < 1.29 is 19.1 Å². The number of ether oxygens (including phenoxy) is 2. The molecule has 2 heterocycles. The van der Waals surface area contributed by atoms with Crippen LogP contribution >= 0.6 is 0 Å². The highest BCUT2D eigenvalue weighted by molar-refractivity contribution is 5.86. The number of hydrogen-bond acceptors (Lipinski definition) is 5. The Morgan fingerprint density at radius 2 is 1.57 bits per heavy atom. The minimum atomic E-state index is -0.865. The zero-order valence-corrected chi connectivity index (χ0v) is 26.4. The van der Waals surface area contributed by atoms with E-state index in [0.29, 0.717) is 18.8 Å². The Kier molecular flexibility index (Phi) is 8.81. The third-order valence-electron chi connectivity index (χ3n) is 7.30. The molecule has 1 aromatic heterocycles. The summed E-state index contributed by atoms with van der Waals surface area (Å²) in [7, 11) is 0. The number of aromatic amines is 1. The third kappa shape index (κ3) is 7.86. The predicted molar refractivity (Wildman–Crippen MR) is 171 cm³/mol. The van der Waals surface area contributed by atoms with Crippen molar-refractivity contribution >= 4 is 12.0 Å². The molecule has 1 aliphatic rings. The number of nitrogens with one attached hydrogen (secondary N) is 2. The van der Waals surface area contributed by atoms with Crippen molar-refractivity contribution in [3.63, 3.8) is 0 Å². The van der Waals surface area contributed by atoms with Gasteiger partial charge in [0.05, 0.1) is 17.9 Å². The smallest absolute Gasteiger partial charge is 0.408 e. The number of carbonyl (C=O) groups is 2. The predicted octanol–water partition coefficient (Wildman–Crippen LogP) is 7.02. The molecule has 0 saturated heterocycles. The highest BCUT2D eigenvalue weighted by atomic mass is 16.6. The number of amides is 2. The molecule has 2 N–H and O–H groups in total. The number of fused-ring (bicyclic) bond motifs is 1. The quantitative estimate of drug-likeness (QED) is 0.240. The molecule has 0 saturated carbocycles. The van der Waals surface area contributed by atoms with Crippen LogP contribution in [0.3, 0.4) is 0 Å². The second-order valence-corrected chi connectivity index (χ2v) is 13.3. The van der Waals surface area contributed by atoms with Crippen molar-refractivity contribution in [3.05, 3.63) is 108 Å². The van der Waals surface area contributed by atoms with Crippen LogP contribution in [-0.4, -0.2) is 44.1 Å². The van der Waals surface area contributed by atoms with E-state index in [4.69, 9.17) is 14.5 Å². The SMILES string of the molecule is CC(C)(C)OC(=O)NC(Cc1ccc(OC(C)(C)C)cc1)C(=O)N1Cc2ccccc2CC1c1ncc(-c2ccccc2)[nH]1. The summed E-state index contributed by atoms with van der Waals surface area (Å²) in [5, 5.41) is 2.88. The van der Waals surface area contributed by atoms with Crippen LogP contribution in [0.4, 0.5) is 4.79 Å². The lowest BCUT2D eigenvalue weighted by Gasteiger charge is -2.38. The molecule has 2 atom stereocenters. The summed E-state index contributed by atoms with van der Waals surface area (Å²) < 4.78 is 11.6. The average molecular weight is 595 g/mol. The number of hydrogen-bond donors (Lipinski definition) is 2. The Bertz CT molecular complexity index is 1580. The molecular formula is C36H42N4O4. The number of rotatable bonds is 7. The van der Waals surface area contributed by atoms with Gasteiger partial charge in [0.25, 0.3) is 0 Å². The number of H-pyrrole nitrogens is 1. The van der Waals surface area contributed by atoms with Gasteiger partial charge >= 0.3 is 6.09 Å². The van der Waals surface area contributed by atoms with Crippen molar-refractivity contribution in [2.24, 2.45) is 0 Å². The van der Waals surface area contributed by atoms with Crippen molar-refractivity contribution in [2.45, 2.75) is 84.2 Å². The lowest BCUT2D eigenvalue weighted by atomic mass is 9.92. The second kappa shape index (κ2) is 12.6. The number of alkyl carbamates (subject to hydrolysis) is 1. The first-order valence-corrected chi connectivity index (χ1v) is 15.1. The summed E-state index contributed by atoms with van der Waals surface area (Å²) in [6.07, 6.45) is 2.06. The van der Waals surface area contributed by atoms with E-state index in [9.17, 15) is 9.59 Å². The maximum Gasteiger partial charge on any atom is 0.408 e. The van der Waals surface area contributed by atoms with Gasteiger partial charge in [-0.15, -0.1) is 0 Å². The number of nitrogens with zero attached hydrogens (tertiary/aromatic N) is 2. The highest BCUT2D eigenvalue weighted by Crippen LogP contribution is 2.34. The van der Waals surface area contributed by atoms with Gasteiger partial charge in [0.1, 0.15) is 28.8 Å². The lowest BCUT2D eigenvalue weighted by molar-refractivity contribution is -0.137. The molecule has 5 rings (SSSR count). The second-order valence-electron chi connectivity index (χ2n) is 13.3. The summed E-state index contributed by atoms with van der Waals surface area (Å²) in [6.45, 7) is 11.8. The number of carbonyl (C=O) groups excluding carboxylic acids is 2. The number of imidazole rings is 1. The number of aromatic nitrogens is 2. The molecule has 0 radical (unpaired) electrons. The van der Waals surface area contributed by atoms with Crippen LogP contribution in [-0.2, 0) is 28.9 Å². The summed E-state index contributed by atoms with van der Waals surface area (Å²) >= 11 is 0. The van der Waals surface area contributed by atoms with Crippen LogP contribution in [0, 0.1) is 0 Å². The monoisotopic (exact) mass is 594 g/mol. The van der Waals surface area contributed by atoms with Crippen LogP contribution in [0.25, 0.3) is 11.3 Å². The molecule has 3 aromatic carbocycles. The minimum Gasteiger partial charge on any atom is -0.488 e. The van der Waals surface area contributed by atoms with Crippen molar-refractivity contribution in [2.75, 3.05) is 0 Å². The first kappa shape index (κ1) is 30.9. The minimum absolute atomic E-state index is 0.206. The van der Waals surface area contributed by atoms with E-state index in [0.717, 1.165) is 28.1 Å². The summed E-state index contributed by atoms with van der Waals surface area (Å²) in [6, 6.07) is 24.6. The summed E-state index contributed by atoms with van der Waals surface area (Å²) in [5.41, 5.74) is 4.00. The Balaban J connectivity index is 1.46. The lowest BCUT2D eigenvalue weighted by Crippen LogP contribution is -2.52. The van der Waals surface area contributed by atoms with Gasteiger partial charge in [-0.25, -0.2) is 9.78 Å². The Morgan fingerprint density at radius 3 is 2.23 bits per heavy atom. The fourth-order valence-corrected chi connectivity index (χ4v) is 5.40. The van der Waals surface area contributed by atoms with Crippen LogP contribution in [0.1, 0.15) is 70.1 Å². The summed E-state index contributed by atoms with van der Waals surface area (Å²) in [5.74, 6) is 1.23. The highest BCUT2D eigenvalue weighted by Gasteiger charge is 2.37. The normalized spacial score (nSPS) is 15.7. The molecule has 4 aromatic rings. The van der Waals surface area contributed by atoms with E-state index in [1.807, 2.05) is 105 Å². The van der Waals surface area contributed by atoms with Gasteiger partial charge in [0, 0.05) is 19.4 Å². The fraction of sp³-hybridized carbons (Fsp3) is 0.361. The van der Waals surface area contributed by atoms with Gasteiger partial charge in [-0.3, -0.25) is 4.79 Å². The Hall–Kier alpha value is -4.59. The molecular weight excluding hydrogens is 552 g/mol. The Morgan fingerprint density at radius 1 is 0.909 bits per heavy atom. The van der Waals surface area contributed by atoms with Crippen LogP contribution in [0.5, 0.6) is 5.75 Å². The summed E-state index contributed by atoms with van der Waals surface area (Å²) in [4.78, 5) is 37.6. The molecule has 0 bridgehead atoms. The Labute approximate surface area is 259 Å². The largest absolute Gasteiger partial charge is 0.488 e. The van der Waals surface area contributed by atoms with E-state index < -0.39 is 17.7 Å². The first-order valence-electron chi connectivity index (χ1n) is 15.1. The van der Waals surface area contributed by atoms with Crippen molar-refractivity contribution in [1.29, 1.82) is 0 Å². The van der Waals surface area contributed by atoms with E-state index >= 15 is 0 Å². The van der Waals surface area contributed by atoms with Crippen LogP contribution < -0.4 is 10.1 Å². The molecule has 2 amide bonds. The molecule has 8 nitrogen and oxygen atoms in total. The van der Waals surface area contributed by atoms with Crippen LogP contribution in [0.2, 0.25) is 0 Å². The molecule has 1 aliphatic heterocycles. The maximum atomic E-state index is 14.5. The van der Waals surface area contributed by atoms with Gasteiger partial charge in [-0.2, -0.15) is 0 Å². The standard InChI is InChI=1S/C36H42N4O4/c1-35(2,3)43-28-18-16-24(17-19-28)20-29(39-34(42)44-36(4,5)6)33(41)40-23-27-15-11-10-14-26(27)21-31(40)32-37-22-30(38-32)25-12-8-7-9-13-25/h7-19,22,29,31H,20-21,23H2,1-6H3,(H,37,38)(H,39,42). The van der Waals surface area contributed by atoms with Crippen molar-refractivity contribution in [1.82, 2.24) is 20.2 Å². The maximum absolute atomic E-state index is 14.5. The van der Waals surface area contributed by atoms with Crippen molar-refractivity contribution in [3.8, 4) is 17.0 Å². The third-order valence-corrected chi connectivity index (χ3v) is 7.30. The molecule has 44 heavy (non-hydrogen) atoms. The van der Waals surface area contributed by atoms with Gasteiger partial charge in [-0.05, 0) is 75.9 Å². The zero-order valence-electron chi connectivity index (χ0n) is 26.4. The molecule has 0 fully saturated rings. The van der Waals surface area contributed by atoms with E-state index in [1.165, 1.54) is 5.56 Å². The molecule has 230 valence electrons. The average Bonchev–Trinajstić information content (AvgIpc) is 3.46. The fourth-order valence-electron chi connectivity index (χ4n) is 5.40. The topological polar surface area (TPSA) is 96.5 Å². The molecule has 8 heteroatoms. The molecule has 0 aliphatic carbocycles. The zero-order chi connectivity index (χ0) is 31.5. The van der Waals surface area contributed by atoms with E-state index in [-0.39, 0.29) is 24.0 Å². The van der Waals surface area contributed by atoms with Gasteiger partial charge < -0.3 is 24.7 Å². The van der Waals surface area contributed by atoms with Gasteiger partial charge in [0.2, 0.25) is 5.91 Å². The first-order chi connectivity index (χ1) is 20.8.